The summed E-state index contributed by atoms with van der Waals surface area (Å²) in [6.45, 7) is 0. The number of hydrogen-bond donors (Lipinski definition) is 0. The first kappa shape index (κ1) is 19.0. The van der Waals surface area contributed by atoms with Crippen molar-refractivity contribution in [2.45, 2.75) is 0 Å². The molecule has 0 atom stereocenters. The van der Waals surface area contributed by atoms with E-state index < -0.39 is 7.14 Å². The monoisotopic (exact) mass is 428 g/mol. The van der Waals surface area contributed by atoms with Gasteiger partial charge in [0.15, 0.2) is 7.14 Å². The van der Waals surface area contributed by atoms with Crippen molar-refractivity contribution in [2.75, 3.05) is 0 Å². The summed E-state index contributed by atoms with van der Waals surface area (Å²) in [5.41, 5.74) is 0. The van der Waals surface area contributed by atoms with Crippen molar-refractivity contribution < 1.29 is 4.57 Å². The van der Waals surface area contributed by atoms with Crippen LogP contribution in [0, 0.1) is 0 Å². The maximum Gasteiger partial charge on any atom is 0.171 e. The molecule has 0 saturated carbocycles. The number of hydrogen-bond acceptors (Lipinski definition) is 1. The molecule has 2 heteroatoms. The second-order valence-electron chi connectivity index (χ2n) is 8.20. The molecule has 0 amide bonds. The van der Waals surface area contributed by atoms with Gasteiger partial charge in [0.2, 0.25) is 0 Å². The van der Waals surface area contributed by atoms with Crippen molar-refractivity contribution in [3.05, 3.63) is 127 Å². The summed E-state index contributed by atoms with van der Waals surface area (Å²) in [7, 11) is -3.09. The van der Waals surface area contributed by atoms with Crippen LogP contribution < -0.4 is 15.9 Å². The molecule has 0 unspecified atom stereocenters. The third-order valence-corrected chi connectivity index (χ3v) is 9.31. The zero-order chi connectivity index (χ0) is 21.5. The van der Waals surface area contributed by atoms with Gasteiger partial charge in [0.05, 0.1) is 0 Å². The Kier molecular flexibility index (Phi) is 4.45. The van der Waals surface area contributed by atoms with Crippen LogP contribution in [0.5, 0.6) is 0 Å². The van der Waals surface area contributed by atoms with E-state index in [0.717, 1.165) is 48.2 Å². The molecule has 0 spiro atoms. The minimum atomic E-state index is -3.09. The molecule has 0 radical (unpaired) electrons. The standard InChI is InChI=1S/C30H21OP/c31-32(28-16-13-22-7-1-4-10-25(22)19-28,29-17-14-23-8-2-5-11-26(23)20-29)30-18-15-24-9-3-6-12-27(24)21-30/h1-21H. The molecule has 0 N–H and O–H groups in total. The molecule has 0 aliphatic carbocycles. The zero-order valence-electron chi connectivity index (χ0n) is 17.5. The van der Waals surface area contributed by atoms with Crippen LogP contribution in [0.3, 0.4) is 0 Å². The molecule has 0 bridgehead atoms. The van der Waals surface area contributed by atoms with E-state index in [1.807, 2.05) is 54.6 Å². The Balaban J connectivity index is 1.66. The fourth-order valence-corrected chi connectivity index (χ4v) is 7.28. The Hall–Kier alpha value is -3.67. The fraction of sp³-hybridized carbons (Fsp3) is 0. The van der Waals surface area contributed by atoms with Gasteiger partial charge in [-0.2, -0.15) is 0 Å². The molecule has 0 aliphatic rings. The van der Waals surface area contributed by atoms with E-state index in [9.17, 15) is 0 Å². The normalized spacial score (nSPS) is 11.9. The first-order valence-electron chi connectivity index (χ1n) is 10.8. The maximum atomic E-state index is 15.1. The highest BCUT2D eigenvalue weighted by Crippen LogP contribution is 2.44. The molecular formula is C30H21OP. The van der Waals surface area contributed by atoms with Gasteiger partial charge in [-0.15, -0.1) is 0 Å². The van der Waals surface area contributed by atoms with Crippen LogP contribution >= 0.6 is 7.14 Å². The van der Waals surface area contributed by atoms with Crippen molar-refractivity contribution in [2.24, 2.45) is 0 Å². The van der Waals surface area contributed by atoms with Gasteiger partial charge in [-0.05, 0) is 50.5 Å². The molecule has 0 fully saturated rings. The Morgan fingerprint density at radius 1 is 0.344 bits per heavy atom. The third-order valence-electron chi connectivity index (χ3n) is 6.29. The molecule has 32 heavy (non-hydrogen) atoms. The largest absolute Gasteiger partial charge is 0.309 e. The second-order valence-corrected chi connectivity index (χ2v) is 11.0. The van der Waals surface area contributed by atoms with Crippen LogP contribution in [-0.2, 0) is 4.57 Å². The molecule has 1 nitrogen and oxygen atoms in total. The highest BCUT2D eigenvalue weighted by atomic mass is 31.2. The predicted octanol–water partition coefficient (Wildman–Crippen LogP) is 6.79. The molecule has 0 aromatic heterocycles. The minimum absolute atomic E-state index is 0.863. The van der Waals surface area contributed by atoms with Gasteiger partial charge in [0.25, 0.3) is 0 Å². The predicted molar refractivity (Wildman–Crippen MR) is 138 cm³/mol. The molecule has 152 valence electrons. The molecule has 0 saturated heterocycles. The van der Waals surface area contributed by atoms with Crippen molar-refractivity contribution in [1.29, 1.82) is 0 Å². The molecule has 6 aromatic carbocycles. The quantitative estimate of drug-likeness (QED) is 0.284. The number of fused-ring (bicyclic) bond motifs is 3. The van der Waals surface area contributed by atoms with E-state index in [4.69, 9.17) is 0 Å². The fourth-order valence-electron chi connectivity index (χ4n) is 4.56. The van der Waals surface area contributed by atoms with Gasteiger partial charge in [0.1, 0.15) is 0 Å². The average molecular weight is 428 g/mol. The summed E-state index contributed by atoms with van der Waals surface area (Å²) < 4.78 is 15.1. The Labute approximate surface area is 187 Å². The van der Waals surface area contributed by atoms with Crippen LogP contribution in [0.4, 0.5) is 0 Å². The summed E-state index contributed by atoms with van der Waals surface area (Å²) in [6, 6.07) is 43.4. The maximum absolute atomic E-state index is 15.1. The molecule has 0 heterocycles. The van der Waals surface area contributed by atoms with Gasteiger partial charge in [-0.3, -0.25) is 0 Å². The van der Waals surface area contributed by atoms with Gasteiger partial charge in [-0.25, -0.2) is 0 Å². The van der Waals surface area contributed by atoms with Gasteiger partial charge >= 0.3 is 0 Å². The van der Waals surface area contributed by atoms with Crippen LogP contribution in [0.25, 0.3) is 32.3 Å². The second kappa shape index (κ2) is 7.48. The first-order valence-corrected chi connectivity index (χ1v) is 12.5. The van der Waals surface area contributed by atoms with Crippen LogP contribution in [-0.4, -0.2) is 0 Å². The SMILES string of the molecule is O=P(c1ccc2ccccc2c1)(c1ccc2ccccc2c1)c1ccc2ccccc2c1. The van der Waals surface area contributed by atoms with E-state index in [-0.39, 0.29) is 0 Å². The summed E-state index contributed by atoms with van der Waals surface area (Å²) in [6.07, 6.45) is 0. The number of rotatable bonds is 3. The molecule has 6 rings (SSSR count). The molecule has 6 aromatic rings. The Bertz CT molecular complexity index is 1470. The topological polar surface area (TPSA) is 17.1 Å². The summed E-state index contributed by atoms with van der Waals surface area (Å²) >= 11 is 0. The lowest BCUT2D eigenvalue weighted by Gasteiger charge is -2.21. The van der Waals surface area contributed by atoms with Crippen molar-refractivity contribution in [3.8, 4) is 0 Å². The van der Waals surface area contributed by atoms with Crippen molar-refractivity contribution in [3.63, 3.8) is 0 Å². The van der Waals surface area contributed by atoms with Crippen LogP contribution in [0.1, 0.15) is 0 Å². The first-order chi connectivity index (χ1) is 15.7. The van der Waals surface area contributed by atoms with Crippen molar-refractivity contribution in [1.82, 2.24) is 0 Å². The Morgan fingerprint density at radius 3 is 0.938 bits per heavy atom. The van der Waals surface area contributed by atoms with Gasteiger partial charge < -0.3 is 4.57 Å². The van der Waals surface area contributed by atoms with Crippen LogP contribution in [0.2, 0.25) is 0 Å². The van der Waals surface area contributed by atoms with Crippen molar-refractivity contribution >= 4 is 55.4 Å². The smallest absolute Gasteiger partial charge is 0.171 e. The zero-order valence-corrected chi connectivity index (χ0v) is 18.4. The van der Waals surface area contributed by atoms with E-state index in [1.165, 1.54) is 0 Å². The van der Waals surface area contributed by atoms with E-state index >= 15 is 4.57 Å². The van der Waals surface area contributed by atoms with E-state index in [2.05, 4.69) is 72.8 Å². The summed E-state index contributed by atoms with van der Waals surface area (Å²) in [5, 5.41) is 9.36. The lowest BCUT2D eigenvalue weighted by molar-refractivity contribution is 0.592. The highest BCUT2D eigenvalue weighted by molar-refractivity contribution is 7.85. The lowest BCUT2D eigenvalue weighted by atomic mass is 10.1. The average Bonchev–Trinajstić information content (AvgIpc) is 2.87. The minimum Gasteiger partial charge on any atom is -0.309 e. The number of benzene rings is 6. The third kappa shape index (κ3) is 3.06. The summed E-state index contributed by atoms with van der Waals surface area (Å²) in [4.78, 5) is 0. The van der Waals surface area contributed by atoms with Gasteiger partial charge in [-0.1, -0.05) is 109 Å². The molecular weight excluding hydrogens is 407 g/mol. The highest BCUT2D eigenvalue weighted by Gasteiger charge is 2.30. The summed E-state index contributed by atoms with van der Waals surface area (Å²) in [5.74, 6) is 0. The van der Waals surface area contributed by atoms with E-state index in [0.29, 0.717) is 0 Å². The lowest BCUT2D eigenvalue weighted by Crippen LogP contribution is -2.25. The molecule has 0 aliphatic heterocycles. The Morgan fingerprint density at radius 2 is 0.625 bits per heavy atom. The van der Waals surface area contributed by atoms with Crippen LogP contribution in [0.15, 0.2) is 127 Å². The van der Waals surface area contributed by atoms with Gasteiger partial charge in [0, 0.05) is 15.9 Å². The van der Waals surface area contributed by atoms with E-state index in [1.54, 1.807) is 0 Å².